The SMILES string of the molecule is CCCOc1ccc([C@H](C)CC)cc1C=O. The van der Waals surface area contributed by atoms with Crippen molar-refractivity contribution in [2.45, 2.75) is 39.5 Å². The van der Waals surface area contributed by atoms with Crippen molar-refractivity contribution in [3.05, 3.63) is 29.3 Å². The van der Waals surface area contributed by atoms with E-state index in [4.69, 9.17) is 4.74 Å². The summed E-state index contributed by atoms with van der Waals surface area (Å²) in [5, 5.41) is 0. The molecule has 0 saturated carbocycles. The van der Waals surface area contributed by atoms with Crippen molar-refractivity contribution in [3.8, 4) is 5.75 Å². The molecule has 2 heteroatoms. The average Bonchev–Trinajstić information content (AvgIpc) is 2.35. The average molecular weight is 220 g/mol. The number of aldehydes is 1. The highest BCUT2D eigenvalue weighted by atomic mass is 16.5. The minimum Gasteiger partial charge on any atom is -0.493 e. The van der Waals surface area contributed by atoms with Gasteiger partial charge in [0.05, 0.1) is 12.2 Å². The molecule has 2 nitrogen and oxygen atoms in total. The van der Waals surface area contributed by atoms with Crippen LogP contribution in [0.4, 0.5) is 0 Å². The summed E-state index contributed by atoms with van der Waals surface area (Å²) in [6.45, 7) is 7.01. The van der Waals surface area contributed by atoms with E-state index in [0.29, 0.717) is 23.8 Å². The summed E-state index contributed by atoms with van der Waals surface area (Å²) in [7, 11) is 0. The van der Waals surface area contributed by atoms with Crippen LogP contribution in [-0.2, 0) is 0 Å². The standard InChI is InChI=1S/C14H20O2/c1-4-8-16-14-7-6-12(11(3)5-2)9-13(14)10-15/h6-7,9-11H,4-5,8H2,1-3H3/t11-/m1/s1. The predicted octanol–water partition coefficient (Wildman–Crippen LogP) is 3.80. The van der Waals surface area contributed by atoms with Crippen LogP contribution >= 0.6 is 0 Å². The van der Waals surface area contributed by atoms with Crippen LogP contribution in [0.3, 0.4) is 0 Å². The number of ether oxygens (including phenoxy) is 1. The van der Waals surface area contributed by atoms with Crippen LogP contribution in [0.15, 0.2) is 18.2 Å². The quantitative estimate of drug-likeness (QED) is 0.681. The van der Waals surface area contributed by atoms with Crippen LogP contribution in [0.5, 0.6) is 5.75 Å². The van der Waals surface area contributed by atoms with Crippen LogP contribution in [-0.4, -0.2) is 12.9 Å². The normalized spacial score (nSPS) is 12.2. The van der Waals surface area contributed by atoms with Crippen LogP contribution < -0.4 is 4.74 Å². The molecule has 1 rings (SSSR count). The highest BCUT2D eigenvalue weighted by Gasteiger charge is 2.08. The molecule has 0 radical (unpaired) electrons. The molecule has 1 atom stereocenters. The molecule has 0 N–H and O–H groups in total. The van der Waals surface area contributed by atoms with E-state index in [0.717, 1.165) is 19.1 Å². The summed E-state index contributed by atoms with van der Waals surface area (Å²) in [5.41, 5.74) is 1.86. The second-order valence-corrected chi connectivity index (χ2v) is 4.07. The first-order chi connectivity index (χ1) is 7.72. The third kappa shape index (κ3) is 3.09. The maximum absolute atomic E-state index is 11.0. The van der Waals surface area contributed by atoms with Gasteiger partial charge in [-0.25, -0.2) is 0 Å². The van der Waals surface area contributed by atoms with E-state index in [9.17, 15) is 4.79 Å². The molecule has 0 unspecified atom stereocenters. The Balaban J connectivity index is 2.92. The molecule has 1 aromatic carbocycles. The first-order valence-electron chi connectivity index (χ1n) is 5.94. The molecule has 0 aliphatic carbocycles. The first-order valence-corrected chi connectivity index (χ1v) is 5.94. The van der Waals surface area contributed by atoms with E-state index in [-0.39, 0.29) is 0 Å². The van der Waals surface area contributed by atoms with Crippen molar-refractivity contribution >= 4 is 6.29 Å². The predicted molar refractivity (Wildman–Crippen MR) is 66.3 cm³/mol. The third-order valence-electron chi connectivity index (χ3n) is 2.80. The minimum absolute atomic E-state index is 0.485. The second-order valence-electron chi connectivity index (χ2n) is 4.07. The van der Waals surface area contributed by atoms with Gasteiger partial charge < -0.3 is 4.74 Å². The number of hydrogen-bond donors (Lipinski definition) is 0. The molecule has 16 heavy (non-hydrogen) atoms. The summed E-state index contributed by atoms with van der Waals surface area (Å²) in [4.78, 5) is 11.0. The topological polar surface area (TPSA) is 26.3 Å². The number of benzene rings is 1. The van der Waals surface area contributed by atoms with Gasteiger partial charge >= 0.3 is 0 Å². The maximum Gasteiger partial charge on any atom is 0.153 e. The monoisotopic (exact) mass is 220 g/mol. The number of carbonyl (C=O) groups is 1. The Kier molecular flexibility index (Phi) is 5.03. The van der Waals surface area contributed by atoms with Crippen molar-refractivity contribution < 1.29 is 9.53 Å². The molecule has 0 bridgehead atoms. The lowest BCUT2D eigenvalue weighted by Gasteiger charge is -2.12. The van der Waals surface area contributed by atoms with Gasteiger partial charge in [0.1, 0.15) is 5.75 Å². The molecule has 0 heterocycles. The van der Waals surface area contributed by atoms with Gasteiger partial charge in [-0.15, -0.1) is 0 Å². The highest BCUT2D eigenvalue weighted by molar-refractivity contribution is 5.79. The van der Waals surface area contributed by atoms with Crippen molar-refractivity contribution in [1.82, 2.24) is 0 Å². The Morgan fingerprint density at radius 2 is 2.12 bits per heavy atom. The van der Waals surface area contributed by atoms with E-state index in [2.05, 4.69) is 13.8 Å². The molecule has 0 aliphatic heterocycles. The van der Waals surface area contributed by atoms with Gasteiger partial charge in [-0.1, -0.05) is 26.8 Å². The van der Waals surface area contributed by atoms with Gasteiger partial charge in [0.2, 0.25) is 0 Å². The van der Waals surface area contributed by atoms with Crippen molar-refractivity contribution in [2.75, 3.05) is 6.61 Å². The summed E-state index contributed by atoms with van der Waals surface area (Å²) >= 11 is 0. The summed E-state index contributed by atoms with van der Waals surface area (Å²) < 4.78 is 5.51. The first kappa shape index (κ1) is 12.8. The van der Waals surface area contributed by atoms with Crippen molar-refractivity contribution in [2.24, 2.45) is 0 Å². The van der Waals surface area contributed by atoms with Gasteiger partial charge in [-0.05, 0) is 36.5 Å². The van der Waals surface area contributed by atoms with Crippen molar-refractivity contribution in [3.63, 3.8) is 0 Å². The number of rotatable bonds is 6. The molecule has 1 aromatic rings. The maximum atomic E-state index is 11.0. The van der Waals surface area contributed by atoms with Crippen molar-refractivity contribution in [1.29, 1.82) is 0 Å². The van der Waals surface area contributed by atoms with Gasteiger partial charge in [0.15, 0.2) is 6.29 Å². The zero-order valence-electron chi connectivity index (χ0n) is 10.3. The molecule has 0 spiro atoms. The molecule has 0 saturated heterocycles. The molecule has 0 aliphatic rings. The fraction of sp³-hybridized carbons (Fsp3) is 0.500. The van der Waals surface area contributed by atoms with E-state index >= 15 is 0 Å². The highest BCUT2D eigenvalue weighted by Crippen LogP contribution is 2.25. The molecular weight excluding hydrogens is 200 g/mol. The van der Waals surface area contributed by atoms with E-state index in [1.807, 2.05) is 25.1 Å². The smallest absolute Gasteiger partial charge is 0.153 e. The number of carbonyl (C=O) groups excluding carboxylic acids is 1. The molecule has 0 amide bonds. The Hall–Kier alpha value is -1.31. The lowest BCUT2D eigenvalue weighted by Crippen LogP contribution is -2.00. The zero-order chi connectivity index (χ0) is 12.0. The van der Waals surface area contributed by atoms with Gasteiger partial charge in [-0.2, -0.15) is 0 Å². The molecule has 88 valence electrons. The Labute approximate surface area is 97.6 Å². The van der Waals surface area contributed by atoms with Gasteiger partial charge in [-0.3, -0.25) is 4.79 Å². The zero-order valence-corrected chi connectivity index (χ0v) is 10.3. The van der Waals surface area contributed by atoms with E-state index < -0.39 is 0 Å². The Morgan fingerprint density at radius 3 is 2.69 bits per heavy atom. The van der Waals surface area contributed by atoms with Gasteiger partial charge in [0.25, 0.3) is 0 Å². The summed E-state index contributed by atoms with van der Waals surface area (Å²) in [6.07, 6.45) is 2.90. The summed E-state index contributed by atoms with van der Waals surface area (Å²) in [6, 6.07) is 5.89. The Morgan fingerprint density at radius 1 is 1.38 bits per heavy atom. The lowest BCUT2D eigenvalue weighted by molar-refractivity contribution is 0.111. The molecule has 0 fully saturated rings. The second kappa shape index (κ2) is 6.31. The fourth-order valence-corrected chi connectivity index (χ4v) is 1.54. The van der Waals surface area contributed by atoms with Gasteiger partial charge in [0, 0.05) is 0 Å². The number of hydrogen-bond acceptors (Lipinski definition) is 2. The van der Waals surface area contributed by atoms with Crippen LogP contribution in [0, 0.1) is 0 Å². The largest absolute Gasteiger partial charge is 0.493 e. The van der Waals surface area contributed by atoms with E-state index in [1.54, 1.807) is 0 Å². The molecular formula is C14H20O2. The Bertz CT molecular complexity index is 345. The van der Waals surface area contributed by atoms with Crippen LogP contribution in [0.2, 0.25) is 0 Å². The molecule has 0 aromatic heterocycles. The van der Waals surface area contributed by atoms with Crippen LogP contribution in [0.25, 0.3) is 0 Å². The minimum atomic E-state index is 0.485. The summed E-state index contributed by atoms with van der Waals surface area (Å²) in [5.74, 6) is 1.18. The third-order valence-corrected chi connectivity index (χ3v) is 2.80. The van der Waals surface area contributed by atoms with E-state index in [1.165, 1.54) is 5.56 Å². The van der Waals surface area contributed by atoms with Crippen LogP contribution in [0.1, 0.15) is 55.5 Å². The fourth-order valence-electron chi connectivity index (χ4n) is 1.54. The lowest BCUT2D eigenvalue weighted by atomic mass is 9.97.